The van der Waals surface area contributed by atoms with Crippen molar-refractivity contribution in [1.29, 1.82) is 0 Å². The van der Waals surface area contributed by atoms with E-state index in [0.717, 1.165) is 24.9 Å². The molecule has 1 aliphatic rings. The second-order valence-corrected chi connectivity index (χ2v) is 7.60. The van der Waals surface area contributed by atoms with E-state index >= 15 is 0 Å². The monoisotopic (exact) mass is 310 g/mol. The molecule has 21 heavy (non-hydrogen) atoms. The summed E-state index contributed by atoms with van der Waals surface area (Å²) in [4.78, 5) is 0.364. The SMILES string of the molecule is CCC(CC)CNS(=O)(=O)c1cccc(CNC2CC2)c1. The first-order valence-corrected chi connectivity index (χ1v) is 9.35. The number of hydrogen-bond donors (Lipinski definition) is 2. The lowest BCUT2D eigenvalue weighted by Gasteiger charge is -2.14. The Morgan fingerprint density at radius 1 is 1.24 bits per heavy atom. The van der Waals surface area contributed by atoms with E-state index in [-0.39, 0.29) is 0 Å². The van der Waals surface area contributed by atoms with Crippen LogP contribution in [-0.4, -0.2) is 21.0 Å². The van der Waals surface area contributed by atoms with Crippen LogP contribution in [0.5, 0.6) is 0 Å². The highest BCUT2D eigenvalue weighted by molar-refractivity contribution is 7.89. The Labute approximate surface area is 128 Å². The smallest absolute Gasteiger partial charge is 0.240 e. The molecule has 0 heterocycles. The van der Waals surface area contributed by atoms with Gasteiger partial charge in [0.25, 0.3) is 0 Å². The second-order valence-electron chi connectivity index (χ2n) is 5.84. The summed E-state index contributed by atoms with van der Waals surface area (Å²) >= 11 is 0. The number of nitrogens with one attached hydrogen (secondary N) is 2. The molecule has 0 aromatic heterocycles. The summed E-state index contributed by atoms with van der Waals surface area (Å²) in [5.41, 5.74) is 1.02. The second kappa shape index (κ2) is 7.38. The maximum atomic E-state index is 12.3. The molecule has 0 radical (unpaired) electrons. The highest BCUT2D eigenvalue weighted by Gasteiger charge is 2.20. The van der Waals surface area contributed by atoms with Gasteiger partial charge in [-0.05, 0) is 36.5 Å². The maximum Gasteiger partial charge on any atom is 0.240 e. The highest BCUT2D eigenvalue weighted by Crippen LogP contribution is 2.20. The van der Waals surface area contributed by atoms with E-state index in [4.69, 9.17) is 0 Å². The average molecular weight is 310 g/mol. The summed E-state index contributed by atoms with van der Waals surface area (Å²) in [7, 11) is -3.40. The maximum absolute atomic E-state index is 12.3. The van der Waals surface area contributed by atoms with Gasteiger partial charge in [0.05, 0.1) is 4.90 Å². The number of sulfonamides is 1. The molecule has 1 saturated carbocycles. The molecule has 0 unspecified atom stereocenters. The van der Waals surface area contributed by atoms with Gasteiger partial charge in [0.2, 0.25) is 10.0 Å². The largest absolute Gasteiger partial charge is 0.310 e. The quantitative estimate of drug-likeness (QED) is 0.737. The van der Waals surface area contributed by atoms with Crippen molar-refractivity contribution in [1.82, 2.24) is 10.0 Å². The Bertz CT molecular complexity index is 549. The molecule has 1 aromatic carbocycles. The van der Waals surface area contributed by atoms with Crippen LogP contribution in [0.1, 0.15) is 45.1 Å². The first-order valence-electron chi connectivity index (χ1n) is 7.87. The third-order valence-corrected chi connectivity index (χ3v) is 5.52. The van der Waals surface area contributed by atoms with Crippen molar-refractivity contribution in [3.05, 3.63) is 29.8 Å². The lowest BCUT2D eigenvalue weighted by molar-refractivity contribution is 0.479. The summed E-state index contributed by atoms with van der Waals surface area (Å²) in [6.07, 6.45) is 4.44. The van der Waals surface area contributed by atoms with Gasteiger partial charge in [-0.1, -0.05) is 38.8 Å². The van der Waals surface area contributed by atoms with Gasteiger partial charge < -0.3 is 5.32 Å². The van der Waals surface area contributed by atoms with Crippen LogP contribution in [0, 0.1) is 5.92 Å². The zero-order valence-electron chi connectivity index (χ0n) is 12.9. The van der Waals surface area contributed by atoms with Crippen LogP contribution in [0.15, 0.2) is 29.2 Å². The predicted octanol–water partition coefficient (Wildman–Crippen LogP) is 2.65. The molecule has 1 aliphatic carbocycles. The molecule has 4 nitrogen and oxygen atoms in total. The Balaban J connectivity index is 1.99. The van der Waals surface area contributed by atoms with Gasteiger partial charge in [-0.15, -0.1) is 0 Å². The van der Waals surface area contributed by atoms with E-state index in [0.29, 0.717) is 23.4 Å². The molecule has 118 valence electrons. The number of rotatable bonds is 9. The lowest BCUT2D eigenvalue weighted by Crippen LogP contribution is -2.29. The molecular weight excluding hydrogens is 284 g/mol. The van der Waals surface area contributed by atoms with Crippen LogP contribution in [0.2, 0.25) is 0 Å². The third-order valence-electron chi connectivity index (χ3n) is 4.10. The van der Waals surface area contributed by atoms with E-state index in [1.165, 1.54) is 12.8 Å². The predicted molar refractivity (Wildman–Crippen MR) is 85.6 cm³/mol. The van der Waals surface area contributed by atoms with Crippen molar-refractivity contribution in [3.8, 4) is 0 Å². The molecule has 0 bridgehead atoms. The van der Waals surface area contributed by atoms with Crippen LogP contribution in [0.4, 0.5) is 0 Å². The minimum atomic E-state index is -3.40. The van der Waals surface area contributed by atoms with Gasteiger partial charge in [-0.2, -0.15) is 0 Å². The van der Waals surface area contributed by atoms with Gasteiger partial charge in [0, 0.05) is 19.1 Å². The van der Waals surface area contributed by atoms with Crippen molar-refractivity contribution in [3.63, 3.8) is 0 Å². The van der Waals surface area contributed by atoms with Gasteiger partial charge in [0.15, 0.2) is 0 Å². The Kier molecular flexibility index (Phi) is 5.79. The van der Waals surface area contributed by atoms with Gasteiger partial charge in [-0.25, -0.2) is 13.1 Å². The Morgan fingerprint density at radius 2 is 1.95 bits per heavy atom. The zero-order valence-corrected chi connectivity index (χ0v) is 13.7. The van der Waals surface area contributed by atoms with Crippen LogP contribution >= 0.6 is 0 Å². The van der Waals surface area contributed by atoms with Crippen LogP contribution < -0.4 is 10.0 Å². The lowest BCUT2D eigenvalue weighted by atomic mass is 10.0. The number of benzene rings is 1. The Morgan fingerprint density at radius 3 is 2.57 bits per heavy atom. The van der Waals surface area contributed by atoms with E-state index in [1.807, 2.05) is 12.1 Å². The summed E-state index contributed by atoms with van der Waals surface area (Å²) < 4.78 is 27.4. The van der Waals surface area contributed by atoms with Crippen LogP contribution in [0.3, 0.4) is 0 Å². The molecule has 0 atom stereocenters. The topological polar surface area (TPSA) is 58.2 Å². The fraction of sp³-hybridized carbons (Fsp3) is 0.625. The molecular formula is C16H26N2O2S. The van der Waals surface area contributed by atoms with Crippen LogP contribution in [0.25, 0.3) is 0 Å². The van der Waals surface area contributed by atoms with Crippen molar-refractivity contribution in [2.24, 2.45) is 5.92 Å². The standard InChI is InChI=1S/C16H26N2O2S/c1-3-13(4-2)12-18-21(19,20)16-7-5-6-14(10-16)11-17-15-8-9-15/h5-7,10,13,15,17-18H,3-4,8-9,11-12H2,1-2H3. The molecule has 0 spiro atoms. The van der Waals surface area contributed by atoms with Crippen molar-refractivity contribution < 1.29 is 8.42 Å². The number of hydrogen-bond acceptors (Lipinski definition) is 3. The van der Waals surface area contributed by atoms with E-state index in [2.05, 4.69) is 23.9 Å². The first-order chi connectivity index (χ1) is 10.0. The molecule has 2 N–H and O–H groups in total. The highest BCUT2D eigenvalue weighted by atomic mass is 32.2. The molecule has 0 saturated heterocycles. The zero-order chi connectivity index (χ0) is 15.3. The van der Waals surface area contributed by atoms with E-state index < -0.39 is 10.0 Å². The summed E-state index contributed by atoms with van der Waals surface area (Å²) in [6.45, 7) is 5.43. The van der Waals surface area contributed by atoms with Crippen molar-refractivity contribution >= 4 is 10.0 Å². The summed E-state index contributed by atoms with van der Waals surface area (Å²) in [5, 5.41) is 3.40. The molecule has 1 fully saturated rings. The summed E-state index contributed by atoms with van der Waals surface area (Å²) in [5.74, 6) is 0.402. The fourth-order valence-electron chi connectivity index (χ4n) is 2.26. The Hall–Kier alpha value is -0.910. The minimum Gasteiger partial charge on any atom is -0.310 e. The third kappa shape index (κ3) is 5.09. The molecule has 0 amide bonds. The summed E-state index contributed by atoms with van der Waals surface area (Å²) in [6, 6.07) is 7.84. The average Bonchev–Trinajstić information content (AvgIpc) is 3.31. The normalized spacial score (nSPS) is 15.6. The molecule has 1 aromatic rings. The van der Waals surface area contributed by atoms with Gasteiger partial charge in [-0.3, -0.25) is 0 Å². The van der Waals surface area contributed by atoms with E-state index in [1.54, 1.807) is 12.1 Å². The van der Waals surface area contributed by atoms with Gasteiger partial charge in [0.1, 0.15) is 0 Å². The van der Waals surface area contributed by atoms with Crippen molar-refractivity contribution in [2.45, 2.75) is 57.0 Å². The molecule has 0 aliphatic heterocycles. The van der Waals surface area contributed by atoms with E-state index in [9.17, 15) is 8.42 Å². The first kappa shape index (κ1) is 16.5. The van der Waals surface area contributed by atoms with Crippen LogP contribution in [-0.2, 0) is 16.6 Å². The fourth-order valence-corrected chi connectivity index (χ4v) is 3.45. The molecule has 2 rings (SSSR count). The minimum absolute atomic E-state index is 0.364. The molecule has 5 heteroatoms. The van der Waals surface area contributed by atoms with Crippen molar-refractivity contribution in [2.75, 3.05) is 6.54 Å². The van der Waals surface area contributed by atoms with Gasteiger partial charge >= 0.3 is 0 Å².